The van der Waals surface area contributed by atoms with Crippen molar-refractivity contribution in [3.63, 3.8) is 0 Å². The number of aryl methyl sites for hydroxylation is 2. The average molecular weight is 297 g/mol. The van der Waals surface area contributed by atoms with Crippen molar-refractivity contribution in [2.45, 2.75) is 26.8 Å². The van der Waals surface area contributed by atoms with E-state index in [1.807, 2.05) is 20.9 Å². The van der Waals surface area contributed by atoms with Gasteiger partial charge in [0.25, 0.3) is 0 Å². The Morgan fingerprint density at radius 3 is 2.65 bits per heavy atom. The number of carbonyl (C=O) groups excluding carboxylic acids is 1. The third-order valence-corrected chi connectivity index (χ3v) is 4.67. The maximum absolute atomic E-state index is 12.4. The molecule has 2 rings (SSSR count). The zero-order valence-corrected chi connectivity index (χ0v) is 13.5. The van der Waals surface area contributed by atoms with Crippen molar-refractivity contribution in [3.05, 3.63) is 15.6 Å². The van der Waals surface area contributed by atoms with Crippen LogP contribution < -0.4 is 0 Å². The van der Waals surface area contributed by atoms with Crippen molar-refractivity contribution >= 4 is 17.2 Å². The second-order valence-corrected chi connectivity index (χ2v) is 6.65. The highest BCUT2D eigenvalue weighted by atomic mass is 32.1. The molecule has 2 heterocycles. The summed E-state index contributed by atoms with van der Waals surface area (Å²) in [6, 6.07) is 0.0218. The molecule has 1 aliphatic rings. The zero-order chi connectivity index (χ0) is 14.7. The minimum absolute atomic E-state index is 0.0218. The number of likely N-dealkylation sites (N-methyl/N-ethyl adjacent to an activating group) is 1. The summed E-state index contributed by atoms with van der Waals surface area (Å²) in [4.78, 5) is 22.1. The second-order valence-electron chi connectivity index (χ2n) is 5.24. The molecule has 6 heteroatoms. The molecule has 112 valence electrons. The van der Waals surface area contributed by atoms with Crippen molar-refractivity contribution in [1.82, 2.24) is 14.8 Å². The highest BCUT2D eigenvalue weighted by molar-refractivity contribution is 7.11. The Morgan fingerprint density at radius 2 is 2.10 bits per heavy atom. The first kappa shape index (κ1) is 15.4. The number of morpholine rings is 1. The average Bonchev–Trinajstić information content (AvgIpc) is 2.77. The van der Waals surface area contributed by atoms with Gasteiger partial charge in [0.05, 0.1) is 36.5 Å². The molecule has 0 bridgehead atoms. The lowest BCUT2D eigenvalue weighted by molar-refractivity contribution is -0.134. The summed E-state index contributed by atoms with van der Waals surface area (Å²) in [5.74, 6) is 0.143. The number of aromatic nitrogens is 1. The molecule has 0 unspecified atom stereocenters. The maximum Gasteiger partial charge on any atom is 0.237 e. The number of carbonyl (C=O) groups is 1. The largest absolute Gasteiger partial charge is 0.379 e. The van der Waals surface area contributed by atoms with E-state index in [0.717, 1.165) is 37.0 Å². The fraction of sp³-hybridized carbons (Fsp3) is 0.714. The summed E-state index contributed by atoms with van der Waals surface area (Å²) < 4.78 is 5.30. The smallest absolute Gasteiger partial charge is 0.237 e. The Hall–Kier alpha value is -0.980. The summed E-state index contributed by atoms with van der Waals surface area (Å²) in [7, 11) is 1.86. The van der Waals surface area contributed by atoms with Crippen LogP contribution in [0.2, 0.25) is 0 Å². The highest BCUT2D eigenvalue weighted by Gasteiger charge is 2.23. The lowest BCUT2D eigenvalue weighted by atomic mass is 10.2. The number of amides is 1. The minimum Gasteiger partial charge on any atom is -0.379 e. The van der Waals surface area contributed by atoms with Crippen LogP contribution in [0.4, 0.5) is 0 Å². The molecule has 0 N–H and O–H groups in total. The molecule has 0 spiro atoms. The SMILES string of the molecule is Cc1nc([C@H](C)N(C)C(=O)CN2CCOCC2)c(C)s1. The van der Waals surface area contributed by atoms with Gasteiger partial charge in [-0.2, -0.15) is 0 Å². The molecule has 0 aromatic carbocycles. The molecule has 1 aromatic heterocycles. The van der Waals surface area contributed by atoms with Crippen LogP contribution in [0.1, 0.15) is 28.5 Å². The standard InChI is InChI=1S/C14H23N3O2S/c1-10(14-11(2)20-12(3)15-14)16(4)13(18)9-17-5-7-19-8-6-17/h10H,5-9H2,1-4H3/t10-/m0/s1. The van der Waals surface area contributed by atoms with Gasteiger partial charge in [0.1, 0.15) is 0 Å². The van der Waals surface area contributed by atoms with Gasteiger partial charge in [-0.05, 0) is 20.8 Å². The van der Waals surface area contributed by atoms with Crippen LogP contribution >= 0.6 is 11.3 Å². The first-order valence-corrected chi connectivity index (χ1v) is 7.80. The summed E-state index contributed by atoms with van der Waals surface area (Å²) in [5.41, 5.74) is 1.02. The highest BCUT2D eigenvalue weighted by Crippen LogP contribution is 2.26. The number of hydrogen-bond acceptors (Lipinski definition) is 5. The molecule has 0 aliphatic carbocycles. The van der Waals surface area contributed by atoms with E-state index in [0.29, 0.717) is 6.54 Å². The van der Waals surface area contributed by atoms with E-state index < -0.39 is 0 Å². The van der Waals surface area contributed by atoms with Gasteiger partial charge in [0.2, 0.25) is 5.91 Å². The predicted octanol–water partition coefficient (Wildman–Crippen LogP) is 1.61. The molecule has 1 saturated heterocycles. The summed E-state index contributed by atoms with van der Waals surface area (Å²) in [6.45, 7) is 9.69. The molecule has 5 nitrogen and oxygen atoms in total. The summed E-state index contributed by atoms with van der Waals surface area (Å²) >= 11 is 1.69. The van der Waals surface area contributed by atoms with Crippen molar-refractivity contribution in [3.8, 4) is 0 Å². The number of thiazole rings is 1. The summed E-state index contributed by atoms with van der Waals surface area (Å²) in [6.07, 6.45) is 0. The lowest BCUT2D eigenvalue weighted by Gasteiger charge is -2.30. The first-order valence-electron chi connectivity index (χ1n) is 6.98. The van der Waals surface area contributed by atoms with Crippen LogP contribution in [0.3, 0.4) is 0 Å². The van der Waals surface area contributed by atoms with E-state index >= 15 is 0 Å². The Balaban J connectivity index is 1.96. The Kier molecular flexibility index (Phi) is 5.12. The van der Waals surface area contributed by atoms with Gasteiger partial charge < -0.3 is 9.64 Å². The van der Waals surface area contributed by atoms with E-state index in [1.165, 1.54) is 4.88 Å². The number of nitrogens with zero attached hydrogens (tertiary/aromatic N) is 3. The van der Waals surface area contributed by atoms with Gasteiger partial charge in [-0.15, -0.1) is 11.3 Å². The van der Waals surface area contributed by atoms with Gasteiger partial charge in [-0.25, -0.2) is 4.98 Å². The molecule has 1 aromatic rings. The molecule has 1 amide bonds. The van der Waals surface area contributed by atoms with Crippen LogP contribution in [-0.4, -0.2) is 60.6 Å². The molecular weight excluding hydrogens is 274 g/mol. The first-order chi connectivity index (χ1) is 9.49. The molecule has 1 aliphatic heterocycles. The Labute approximate surface area is 124 Å². The zero-order valence-electron chi connectivity index (χ0n) is 12.7. The monoisotopic (exact) mass is 297 g/mol. The topological polar surface area (TPSA) is 45.7 Å². The Morgan fingerprint density at radius 1 is 1.45 bits per heavy atom. The van der Waals surface area contributed by atoms with E-state index in [-0.39, 0.29) is 11.9 Å². The molecular formula is C14H23N3O2S. The van der Waals surface area contributed by atoms with Gasteiger partial charge in [-0.1, -0.05) is 0 Å². The van der Waals surface area contributed by atoms with Gasteiger partial charge in [-0.3, -0.25) is 9.69 Å². The third kappa shape index (κ3) is 3.56. The molecule has 1 atom stereocenters. The molecule has 1 fully saturated rings. The van der Waals surface area contributed by atoms with E-state index in [2.05, 4.69) is 16.8 Å². The van der Waals surface area contributed by atoms with Crippen molar-refractivity contribution < 1.29 is 9.53 Å². The van der Waals surface area contributed by atoms with Crippen LogP contribution in [0.15, 0.2) is 0 Å². The van der Waals surface area contributed by atoms with Crippen molar-refractivity contribution in [2.24, 2.45) is 0 Å². The molecule has 20 heavy (non-hydrogen) atoms. The van der Waals surface area contributed by atoms with Gasteiger partial charge in [0.15, 0.2) is 0 Å². The van der Waals surface area contributed by atoms with Gasteiger partial charge >= 0.3 is 0 Å². The number of rotatable bonds is 4. The van der Waals surface area contributed by atoms with Gasteiger partial charge in [0, 0.05) is 25.0 Å². The predicted molar refractivity (Wildman–Crippen MR) is 80.0 cm³/mol. The molecule has 0 radical (unpaired) electrons. The number of hydrogen-bond donors (Lipinski definition) is 0. The second kappa shape index (κ2) is 6.65. The van der Waals surface area contributed by atoms with E-state index in [4.69, 9.17) is 4.74 Å². The van der Waals surface area contributed by atoms with E-state index in [1.54, 1.807) is 16.2 Å². The van der Waals surface area contributed by atoms with Crippen LogP contribution in [0.25, 0.3) is 0 Å². The van der Waals surface area contributed by atoms with Crippen LogP contribution in [0, 0.1) is 13.8 Å². The fourth-order valence-electron chi connectivity index (χ4n) is 2.39. The number of ether oxygens (including phenoxy) is 1. The minimum atomic E-state index is 0.0218. The Bertz CT molecular complexity index is 469. The van der Waals surface area contributed by atoms with Crippen molar-refractivity contribution in [1.29, 1.82) is 0 Å². The molecule has 0 saturated carbocycles. The normalized spacial score (nSPS) is 18.0. The van der Waals surface area contributed by atoms with Crippen LogP contribution in [-0.2, 0) is 9.53 Å². The van der Waals surface area contributed by atoms with Crippen molar-refractivity contribution in [2.75, 3.05) is 39.9 Å². The quantitative estimate of drug-likeness (QED) is 0.847. The van der Waals surface area contributed by atoms with E-state index in [9.17, 15) is 4.79 Å². The maximum atomic E-state index is 12.4. The summed E-state index contributed by atoms with van der Waals surface area (Å²) in [5, 5.41) is 1.05. The van der Waals surface area contributed by atoms with Crippen LogP contribution in [0.5, 0.6) is 0 Å². The third-order valence-electron chi connectivity index (χ3n) is 3.77. The lowest BCUT2D eigenvalue weighted by Crippen LogP contribution is -2.44. The fourth-order valence-corrected chi connectivity index (χ4v) is 3.30.